The number of fused-ring (bicyclic) bond motifs is 1. The van der Waals surface area contributed by atoms with Crippen molar-refractivity contribution >= 4 is 11.7 Å². The lowest BCUT2D eigenvalue weighted by molar-refractivity contribution is -0.129. The molecule has 98 valence electrons. The molecule has 1 heterocycles. The Morgan fingerprint density at radius 1 is 1.33 bits per heavy atom. The first kappa shape index (κ1) is 12.8. The number of hydrogen-bond donors (Lipinski definition) is 1. The molecule has 0 saturated carbocycles. The smallest absolute Gasteiger partial charge is 0.244 e. The molecule has 5 nitrogen and oxygen atoms in total. The number of hydrogen-bond acceptors (Lipinski definition) is 4. The Balaban J connectivity index is 2.17. The van der Waals surface area contributed by atoms with Crippen molar-refractivity contribution in [2.24, 2.45) is 0 Å². The van der Waals surface area contributed by atoms with Crippen molar-refractivity contribution in [3.8, 4) is 0 Å². The average molecular weight is 248 g/mol. The van der Waals surface area contributed by atoms with Crippen LogP contribution in [0.5, 0.6) is 0 Å². The van der Waals surface area contributed by atoms with Gasteiger partial charge >= 0.3 is 0 Å². The zero-order chi connectivity index (χ0) is 13.1. The number of rotatable bonds is 3. The number of likely N-dealkylation sites (N-methyl/N-ethyl adjacent to an activating group) is 1. The lowest BCUT2D eigenvalue weighted by Gasteiger charge is -2.22. The first-order valence-corrected chi connectivity index (χ1v) is 6.40. The summed E-state index contributed by atoms with van der Waals surface area (Å²) in [6.07, 6.45) is 5.96. The molecule has 2 rings (SSSR count). The molecule has 0 saturated heterocycles. The Morgan fingerprint density at radius 3 is 2.78 bits per heavy atom. The molecule has 0 aliphatic heterocycles. The molecule has 1 aromatic heterocycles. The van der Waals surface area contributed by atoms with Crippen LogP contribution in [0.15, 0.2) is 6.33 Å². The lowest BCUT2D eigenvalue weighted by atomic mass is 9.96. The van der Waals surface area contributed by atoms with Gasteiger partial charge in [0.1, 0.15) is 18.2 Å². The maximum absolute atomic E-state index is 11.8. The van der Waals surface area contributed by atoms with Gasteiger partial charge in [0.15, 0.2) is 0 Å². The predicted octanol–water partition coefficient (Wildman–Crippen LogP) is 1.24. The number of carbonyl (C=O) groups is 1. The monoisotopic (exact) mass is 248 g/mol. The minimum absolute atomic E-state index is 0.0539. The summed E-state index contributed by atoms with van der Waals surface area (Å²) in [4.78, 5) is 22.0. The minimum Gasteiger partial charge on any atom is -0.358 e. The second-order valence-electron chi connectivity index (χ2n) is 4.95. The van der Waals surface area contributed by atoms with Crippen LogP contribution in [0.2, 0.25) is 0 Å². The molecular formula is C13H20N4O. The van der Waals surface area contributed by atoms with E-state index >= 15 is 0 Å². The molecule has 1 aromatic rings. The van der Waals surface area contributed by atoms with Gasteiger partial charge in [0.05, 0.1) is 0 Å². The normalized spacial score (nSPS) is 15.7. The number of anilines is 1. The van der Waals surface area contributed by atoms with E-state index in [0.717, 1.165) is 24.4 Å². The van der Waals surface area contributed by atoms with E-state index in [1.54, 1.807) is 25.3 Å². The highest BCUT2D eigenvalue weighted by atomic mass is 16.2. The summed E-state index contributed by atoms with van der Waals surface area (Å²) < 4.78 is 0. The largest absolute Gasteiger partial charge is 0.358 e. The molecule has 1 atom stereocenters. The number of carbonyl (C=O) groups excluding carboxylic acids is 1. The van der Waals surface area contributed by atoms with E-state index in [4.69, 9.17) is 0 Å². The summed E-state index contributed by atoms with van der Waals surface area (Å²) in [7, 11) is 3.52. The van der Waals surface area contributed by atoms with Crippen LogP contribution in [0.3, 0.4) is 0 Å². The van der Waals surface area contributed by atoms with E-state index in [-0.39, 0.29) is 11.9 Å². The standard InChI is InChI=1S/C13H20N4O/c1-9(13(18)17(2)3)16-12-10-6-4-5-7-11(10)14-8-15-12/h8-9H,4-7H2,1-3H3,(H,14,15,16). The maximum atomic E-state index is 11.8. The Kier molecular flexibility index (Phi) is 3.79. The van der Waals surface area contributed by atoms with Crippen molar-refractivity contribution in [1.82, 2.24) is 14.9 Å². The van der Waals surface area contributed by atoms with Crippen molar-refractivity contribution in [3.63, 3.8) is 0 Å². The average Bonchev–Trinajstić information content (AvgIpc) is 2.38. The minimum atomic E-state index is -0.263. The molecule has 1 aliphatic rings. The molecule has 0 bridgehead atoms. The zero-order valence-electron chi connectivity index (χ0n) is 11.2. The highest BCUT2D eigenvalue weighted by Gasteiger charge is 2.20. The van der Waals surface area contributed by atoms with Gasteiger partial charge in [-0.05, 0) is 32.6 Å². The predicted molar refractivity (Wildman–Crippen MR) is 70.5 cm³/mol. The molecular weight excluding hydrogens is 228 g/mol. The van der Waals surface area contributed by atoms with E-state index in [1.165, 1.54) is 18.4 Å². The van der Waals surface area contributed by atoms with E-state index in [1.807, 2.05) is 6.92 Å². The van der Waals surface area contributed by atoms with E-state index in [0.29, 0.717) is 0 Å². The van der Waals surface area contributed by atoms with Gasteiger partial charge in [0.2, 0.25) is 5.91 Å². The fourth-order valence-corrected chi connectivity index (χ4v) is 2.30. The Labute approximate surface area is 108 Å². The van der Waals surface area contributed by atoms with Crippen LogP contribution in [0.25, 0.3) is 0 Å². The summed E-state index contributed by atoms with van der Waals surface area (Å²) in [6.45, 7) is 1.86. The van der Waals surface area contributed by atoms with Gasteiger partial charge in [0, 0.05) is 25.4 Å². The Morgan fingerprint density at radius 2 is 2.06 bits per heavy atom. The van der Waals surface area contributed by atoms with Crippen LogP contribution < -0.4 is 5.32 Å². The molecule has 0 radical (unpaired) electrons. The van der Waals surface area contributed by atoms with E-state index < -0.39 is 0 Å². The van der Waals surface area contributed by atoms with Gasteiger partial charge in [0.25, 0.3) is 0 Å². The third kappa shape index (κ3) is 2.60. The fourth-order valence-electron chi connectivity index (χ4n) is 2.30. The van der Waals surface area contributed by atoms with Gasteiger partial charge < -0.3 is 10.2 Å². The number of amides is 1. The van der Waals surface area contributed by atoms with Crippen LogP contribution in [0, 0.1) is 0 Å². The van der Waals surface area contributed by atoms with E-state index in [9.17, 15) is 4.79 Å². The van der Waals surface area contributed by atoms with Gasteiger partial charge in [-0.15, -0.1) is 0 Å². The SMILES string of the molecule is CC(Nc1ncnc2c1CCCC2)C(=O)N(C)C. The summed E-state index contributed by atoms with van der Waals surface area (Å²) in [5.74, 6) is 0.876. The van der Waals surface area contributed by atoms with Crippen LogP contribution in [0.1, 0.15) is 31.0 Å². The molecule has 1 N–H and O–H groups in total. The quantitative estimate of drug-likeness (QED) is 0.874. The molecule has 1 amide bonds. The van der Waals surface area contributed by atoms with Crippen LogP contribution in [-0.2, 0) is 17.6 Å². The van der Waals surface area contributed by atoms with Crippen molar-refractivity contribution in [2.75, 3.05) is 19.4 Å². The Bertz CT molecular complexity index is 445. The van der Waals surface area contributed by atoms with Gasteiger partial charge in [-0.2, -0.15) is 0 Å². The summed E-state index contributed by atoms with van der Waals surface area (Å²) in [5.41, 5.74) is 2.31. The van der Waals surface area contributed by atoms with Crippen LogP contribution in [-0.4, -0.2) is 40.9 Å². The number of aryl methyl sites for hydroxylation is 1. The molecule has 0 fully saturated rings. The molecule has 0 aromatic carbocycles. The Hall–Kier alpha value is -1.65. The van der Waals surface area contributed by atoms with Crippen molar-refractivity contribution in [3.05, 3.63) is 17.6 Å². The third-order valence-corrected chi connectivity index (χ3v) is 3.29. The van der Waals surface area contributed by atoms with Gasteiger partial charge in [-0.25, -0.2) is 9.97 Å². The second-order valence-corrected chi connectivity index (χ2v) is 4.95. The molecule has 1 aliphatic carbocycles. The van der Waals surface area contributed by atoms with Crippen molar-refractivity contribution in [1.29, 1.82) is 0 Å². The third-order valence-electron chi connectivity index (χ3n) is 3.29. The molecule has 1 unspecified atom stereocenters. The molecule has 5 heteroatoms. The summed E-state index contributed by atoms with van der Waals surface area (Å²) in [5, 5.41) is 3.21. The number of aromatic nitrogens is 2. The van der Waals surface area contributed by atoms with Crippen LogP contribution >= 0.6 is 0 Å². The van der Waals surface area contributed by atoms with Gasteiger partial charge in [-0.1, -0.05) is 0 Å². The maximum Gasteiger partial charge on any atom is 0.244 e. The highest BCUT2D eigenvalue weighted by molar-refractivity contribution is 5.83. The van der Waals surface area contributed by atoms with Crippen LogP contribution in [0.4, 0.5) is 5.82 Å². The van der Waals surface area contributed by atoms with E-state index in [2.05, 4.69) is 15.3 Å². The fraction of sp³-hybridized carbons (Fsp3) is 0.615. The summed E-state index contributed by atoms with van der Waals surface area (Å²) >= 11 is 0. The lowest BCUT2D eigenvalue weighted by Crippen LogP contribution is -2.37. The first-order valence-electron chi connectivity index (χ1n) is 6.40. The molecule has 18 heavy (non-hydrogen) atoms. The van der Waals surface area contributed by atoms with Crippen molar-refractivity contribution in [2.45, 2.75) is 38.6 Å². The second kappa shape index (κ2) is 5.33. The zero-order valence-corrected chi connectivity index (χ0v) is 11.2. The number of nitrogens with one attached hydrogen (secondary N) is 1. The first-order chi connectivity index (χ1) is 8.59. The van der Waals surface area contributed by atoms with Gasteiger partial charge in [-0.3, -0.25) is 4.79 Å². The topological polar surface area (TPSA) is 58.1 Å². The highest BCUT2D eigenvalue weighted by Crippen LogP contribution is 2.24. The molecule has 0 spiro atoms. The number of nitrogens with zero attached hydrogens (tertiary/aromatic N) is 3. The van der Waals surface area contributed by atoms with Crippen molar-refractivity contribution < 1.29 is 4.79 Å². The summed E-state index contributed by atoms with van der Waals surface area (Å²) in [6, 6.07) is -0.263.